The number of esters is 2. The van der Waals surface area contributed by atoms with Crippen molar-refractivity contribution in [1.82, 2.24) is 0 Å². The van der Waals surface area contributed by atoms with Gasteiger partial charge in [-0.15, -0.1) is 0 Å². The molecule has 0 aromatic carbocycles. The molecule has 7 heteroatoms. The molecule has 192 valence electrons. The second-order valence-electron chi connectivity index (χ2n) is 10.1. The fourth-order valence-corrected chi connectivity index (χ4v) is 4.05. The minimum absolute atomic E-state index is 0.0817. The SMILES string of the molecule is CCCC(CCCCCC(CCCCCCC(=O)O)(C(C)=O)C(=O)OC(C)(C)C)OC(C)=O. The number of aliphatic carboxylic acids is 1. The summed E-state index contributed by atoms with van der Waals surface area (Å²) in [5, 5.41) is 8.77. The number of hydrogen-bond donors (Lipinski definition) is 1. The predicted octanol–water partition coefficient (Wildman–Crippen LogP) is 6.01. The van der Waals surface area contributed by atoms with Crippen LogP contribution in [0.5, 0.6) is 0 Å². The molecule has 1 N–H and O–H groups in total. The number of carbonyl (C=O) groups is 4. The van der Waals surface area contributed by atoms with Gasteiger partial charge in [0.25, 0.3) is 0 Å². The van der Waals surface area contributed by atoms with Gasteiger partial charge >= 0.3 is 17.9 Å². The molecule has 0 aliphatic carbocycles. The van der Waals surface area contributed by atoms with E-state index >= 15 is 0 Å². The summed E-state index contributed by atoms with van der Waals surface area (Å²) in [5.41, 5.74) is -1.85. The monoisotopic (exact) mass is 470 g/mol. The highest BCUT2D eigenvalue weighted by atomic mass is 16.6. The molecule has 0 aromatic heterocycles. The second kappa shape index (κ2) is 15.8. The lowest BCUT2D eigenvalue weighted by Gasteiger charge is -2.33. The summed E-state index contributed by atoms with van der Waals surface area (Å²) >= 11 is 0. The zero-order chi connectivity index (χ0) is 25.5. The molecule has 0 amide bonds. The standard InChI is InChI=1S/C26H46O7/c1-7-15-22(32-21(3)28)16-11-10-14-19-26(20(2)27,24(31)33-25(4,5)6)18-13-9-8-12-17-23(29)30/h22H,7-19H2,1-6H3,(H,29,30). The van der Waals surface area contributed by atoms with Crippen molar-refractivity contribution in [3.8, 4) is 0 Å². The van der Waals surface area contributed by atoms with E-state index in [-0.39, 0.29) is 24.3 Å². The minimum atomic E-state index is -1.17. The Balaban J connectivity index is 5.01. The number of hydrogen-bond acceptors (Lipinski definition) is 6. The molecule has 33 heavy (non-hydrogen) atoms. The number of unbranched alkanes of at least 4 members (excludes halogenated alkanes) is 5. The van der Waals surface area contributed by atoms with Crippen LogP contribution in [0.15, 0.2) is 0 Å². The van der Waals surface area contributed by atoms with E-state index in [1.807, 2.05) is 0 Å². The first-order valence-corrected chi connectivity index (χ1v) is 12.5. The van der Waals surface area contributed by atoms with E-state index in [0.29, 0.717) is 32.1 Å². The molecule has 0 bridgehead atoms. The highest BCUT2D eigenvalue weighted by Crippen LogP contribution is 2.36. The molecule has 0 fully saturated rings. The Morgan fingerprint density at radius 2 is 1.36 bits per heavy atom. The Bertz CT molecular complexity index is 621. The summed E-state index contributed by atoms with van der Waals surface area (Å²) in [7, 11) is 0. The lowest BCUT2D eigenvalue weighted by atomic mass is 9.74. The first-order chi connectivity index (χ1) is 15.3. The van der Waals surface area contributed by atoms with E-state index in [9.17, 15) is 19.2 Å². The molecule has 0 saturated heterocycles. The Morgan fingerprint density at radius 1 is 0.818 bits per heavy atom. The summed E-state index contributed by atoms with van der Waals surface area (Å²) in [6.45, 7) is 10.3. The molecule has 0 heterocycles. The molecule has 0 aliphatic heterocycles. The predicted molar refractivity (Wildman–Crippen MR) is 128 cm³/mol. The second-order valence-corrected chi connectivity index (χ2v) is 10.1. The number of ketones is 1. The van der Waals surface area contributed by atoms with Gasteiger partial charge in [-0.25, -0.2) is 0 Å². The quantitative estimate of drug-likeness (QED) is 0.148. The van der Waals surface area contributed by atoms with Crippen LogP contribution in [0.1, 0.15) is 125 Å². The van der Waals surface area contributed by atoms with Crippen LogP contribution in [-0.2, 0) is 28.7 Å². The van der Waals surface area contributed by atoms with Gasteiger partial charge in [-0.3, -0.25) is 19.2 Å². The zero-order valence-electron chi connectivity index (χ0n) is 21.7. The van der Waals surface area contributed by atoms with Gasteiger partial charge in [0.05, 0.1) is 0 Å². The largest absolute Gasteiger partial charge is 0.481 e. The van der Waals surface area contributed by atoms with Crippen molar-refractivity contribution < 1.29 is 33.8 Å². The molecule has 0 aromatic rings. The van der Waals surface area contributed by atoms with Crippen LogP contribution in [-0.4, -0.2) is 40.5 Å². The molecule has 2 atom stereocenters. The molecular formula is C26H46O7. The van der Waals surface area contributed by atoms with Crippen LogP contribution in [0, 0.1) is 5.41 Å². The van der Waals surface area contributed by atoms with E-state index in [2.05, 4.69) is 6.92 Å². The Morgan fingerprint density at radius 3 is 1.82 bits per heavy atom. The number of ether oxygens (including phenoxy) is 2. The third kappa shape index (κ3) is 14.1. The van der Waals surface area contributed by atoms with Crippen molar-refractivity contribution in [3.63, 3.8) is 0 Å². The summed E-state index contributed by atoms with van der Waals surface area (Å²) in [6.07, 6.45) is 8.62. The van der Waals surface area contributed by atoms with E-state index in [1.54, 1.807) is 20.8 Å². The summed E-state index contributed by atoms with van der Waals surface area (Å²) < 4.78 is 11.0. The van der Waals surface area contributed by atoms with Crippen molar-refractivity contribution in [2.75, 3.05) is 0 Å². The molecule has 2 unspecified atom stereocenters. The average molecular weight is 471 g/mol. The van der Waals surface area contributed by atoms with Crippen molar-refractivity contribution >= 4 is 23.7 Å². The van der Waals surface area contributed by atoms with Gasteiger partial charge in [0, 0.05) is 13.3 Å². The van der Waals surface area contributed by atoms with Crippen molar-refractivity contribution in [3.05, 3.63) is 0 Å². The Hall–Kier alpha value is -1.92. The van der Waals surface area contributed by atoms with E-state index in [0.717, 1.165) is 44.9 Å². The number of rotatable bonds is 18. The number of carbonyl (C=O) groups excluding carboxylic acids is 3. The highest BCUT2D eigenvalue weighted by Gasteiger charge is 2.45. The van der Waals surface area contributed by atoms with Crippen LogP contribution >= 0.6 is 0 Å². The van der Waals surface area contributed by atoms with Crippen LogP contribution in [0.2, 0.25) is 0 Å². The smallest absolute Gasteiger partial charge is 0.320 e. The Kier molecular flexibility index (Phi) is 14.9. The van der Waals surface area contributed by atoms with Gasteiger partial charge in [-0.05, 0) is 66.2 Å². The first-order valence-electron chi connectivity index (χ1n) is 12.5. The van der Waals surface area contributed by atoms with Gasteiger partial charge in [0.15, 0.2) is 0 Å². The lowest BCUT2D eigenvalue weighted by Crippen LogP contribution is -2.42. The van der Waals surface area contributed by atoms with Gasteiger partial charge in [-0.2, -0.15) is 0 Å². The van der Waals surface area contributed by atoms with Crippen molar-refractivity contribution in [2.45, 2.75) is 137 Å². The maximum Gasteiger partial charge on any atom is 0.320 e. The molecule has 0 spiro atoms. The molecular weight excluding hydrogens is 424 g/mol. The van der Waals surface area contributed by atoms with Crippen molar-refractivity contribution in [2.24, 2.45) is 5.41 Å². The van der Waals surface area contributed by atoms with Gasteiger partial charge < -0.3 is 14.6 Å². The van der Waals surface area contributed by atoms with Gasteiger partial charge in [-0.1, -0.05) is 45.4 Å². The number of carboxylic acids is 1. The molecule has 7 nitrogen and oxygen atoms in total. The van der Waals surface area contributed by atoms with Gasteiger partial charge in [0.2, 0.25) is 0 Å². The average Bonchev–Trinajstić information content (AvgIpc) is 2.66. The van der Waals surface area contributed by atoms with Crippen LogP contribution in [0.25, 0.3) is 0 Å². The zero-order valence-corrected chi connectivity index (χ0v) is 21.7. The fourth-order valence-electron chi connectivity index (χ4n) is 4.05. The van der Waals surface area contributed by atoms with Crippen LogP contribution < -0.4 is 0 Å². The maximum atomic E-state index is 13.1. The normalized spacial score (nSPS) is 14.2. The molecule has 0 aliphatic rings. The maximum absolute atomic E-state index is 13.1. The molecule has 0 saturated carbocycles. The van der Waals surface area contributed by atoms with Gasteiger partial charge in [0.1, 0.15) is 22.9 Å². The van der Waals surface area contributed by atoms with E-state index in [4.69, 9.17) is 14.6 Å². The van der Waals surface area contributed by atoms with Crippen molar-refractivity contribution in [1.29, 1.82) is 0 Å². The lowest BCUT2D eigenvalue weighted by molar-refractivity contribution is -0.171. The number of Topliss-reactive ketones (excluding diaryl/α,β-unsaturated/α-hetero) is 1. The topological polar surface area (TPSA) is 107 Å². The van der Waals surface area contributed by atoms with E-state index in [1.165, 1.54) is 13.8 Å². The molecule has 0 radical (unpaired) electrons. The molecule has 0 rings (SSSR count). The minimum Gasteiger partial charge on any atom is -0.481 e. The summed E-state index contributed by atoms with van der Waals surface area (Å²) in [6, 6.07) is 0. The van der Waals surface area contributed by atoms with E-state index < -0.39 is 23.0 Å². The summed E-state index contributed by atoms with van der Waals surface area (Å²) in [5.74, 6) is -1.71. The van der Waals surface area contributed by atoms with Crippen LogP contribution in [0.4, 0.5) is 0 Å². The highest BCUT2D eigenvalue weighted by molar-refractivity contribution is 6.02. The first kappa shape index (κ1) is 31.1. The fraction of sp³-hybridized carbons (Fsp3) is 0.846. The summed E-state index contributed by atoms with van der Waals surface area (Å²) in [4.78, 5) is 47.8. The third-order valence-electron chi connectivity index (χ3n) is 5.78. The third-order valence-corrected chi connectivity index (χ3v) is 5.78. The Labute approximate surface area is 200 Å². The van der Waals surface area contributed by atoms with Crippen LogP contribution in [0.3, 0.4) is 0 Å². The number of carboxylic acid groups (broad SMARTS) is 1.